The van der Waals surface area contributed by atoms with E-state index < -0.39 is 0 Å². The zero-order chi connectivity index (χ0) is 29.2. The molecule has 0 fully saturated rings. The molecule has 204 valence electrons. The van der Waals surface area contributed by atoms with Crippen molar-refractivity contribution in [1.82, 2.24) is 0 Å². The van der Waals surface area contributed by atoms with Crippen molar-refractivity contribution in [2.24, 2.45) is 0 Å². The molecule has 5 nitrogen and oxygen atoms in total. The molecule has 5 heteroatoms. The van der Waals surface area contributed by atoms with E-state index in [1.54, 1.807) is 61.7 Å². The molecule has 4 aromatic carbocycles. The summed E-state index contributed by atoms with van der Waals surface area (Å²) in [6.45, 7) is 7.69. The zero-order valence-corrected chi connectivity index (χ0v) is 23.6. The van der Waals surface area contributed by atoms with Crippen molar-refractivity contribution in [3.05, 3.63) is 136 Å². The Labute approximate surface area is 235 Å². The predicted molar refractivity (Wildman–Crippen MR) is 158 cm³/mol. The number of aryl methyl sites for hydroxylation is 4. The summed E-state index contributed by atoms with van der Waals surface area (Å²) in [7, 11) is 1.57. The van der Waals surface area contributed by atoms with E-state index in [4.69, 9.17) is 4.74 Å². The molecule has 0 atom stereocenters. The van der Waals surface area contributed by atoms with Gasteiger partial charge in [-0.1, -0.05) is 71.8 Å². The molecule has 0 saturated heterocycles. The van der Waals surface area contributed by atoms with Crippen LogP contribution >= 0.6 is 0 Å². The average Bonchev–Trinajstić information content (AvgIpc) is 2.95. The normalized spacial score (nSPS) is 10.2. The maximum absolute atomic E-state index is 12.2. The molecule has 4 aromatic rings. The lowest BCUT2D eigenvalue weighted by Crippen LogP contribution is -2.10. The van der Waals surface area contributed by atoms with Gasteiger partial charge < -0.3 is 4.74 Å². The molecular formula is C35H34O5. The predicted octanol–water partition coefficient (Wildman–Crippen LogP) is 7.53. The second-order valence-electron chi connectivity index (χ2n) is 9.78. The Hall–Kier alpha value is -4.64. The fourth-order valence-corrected chi connectivity index (χ4v) is 4.25. The Morgan fingerprint density at radius 1 is 0.525 bits per heavy atom. The maximum Gasteiger partial charge on any atom is 0.170 e. The number of benzene rings is 4. The average molecular weight is 535 g/mol. The number of rotatable bonds is 9. The number of hydrogen-bond donors (Lipinski definition) is 0. The van der Waals surface area contributed by atoms with E-state index in [0.29, 0.717) is 28.0 Å². The molecule has 0 bridgehead atoms. The summed E-state index contributed by atoms with van der Waals surface area (Å²) >= 11 is 0. The summed E-state index contributed by atoms with van der Waals surface area (Å²) in [6, 6.07) is 27.1. The zero-order valence-electron chi connectivity index (χ0n) is 23.6. The first-order valence-electron chi connectivity index (χ1n) is 13.1. The van der Waals surface area contributed by atoms with Gasteiger partial charge in [0.15, 0.2) is 23.1 Å². The monoisotopic (exact) mass is 534 g/mol. The highest BCUT2D eigenvalue weighted by atomic mass is 16.5. The smallest absolute Gasteiger partial charge is 0.170 e. The fraction of sp³-hybridized carbons (Fsp3) is 0.200. The maximum atomic E-state index is 12.2. The second kappa shape index (κ2) is 13.9. The first-order valence-corrected chi connectivity index (χ1v) is 13.1. The lowest BCUT2D eigenvalue weighted by molar-refractivity contribution is 0.0877. The molecule has 0 aromatic heterocycles. The van der Waals surface area contributed by atoms with Crippen LogP contribution in [0.1, 0.15) is 76.5 Å². The standard InChI is InChI=1S/C18H18O3.C17H16O2/c1-12-4-9-16(13(2)10-12)18(20)11-17(19)14-5-7-15(21-3)8-6-14;1-12-8-9-13(2)15(10-12)17(19)11-16(18)14-6-4-3-5-7-14/h4-10H,11H2,1-3H3;3-10H,11H2,1-2H3. The van der Waals surface area contributed by atoms with Crippen molar-refractivity contribution in [2.45, 2.75) is 40.5 Å². The van der Waals surface area contributed by atoms with Crippen LogP contribution in [-0.2, 0) is 0 Å². The topological polar surface area (TPSA) is 77.5 Å². The van der Waals surface area contributed by atoms with Crippen LogP contribution in [0.25, 0.3) is 0 Å². The Kier molecular flexibility index (Phi) is 10.4. The molecule has 0 spiro atoms. The van der Waals surface area contributed by atoms with Gasteiger partial charge in [0, 0.05) is 22.3 Å². The molecule has 40 heavy (non-hydrogen) atoms. The van der Waals surface area contributed by atoms with Crippen LogP contribution in [-0.4, -0.2) is 30.2 Å². The van der Waals surface area contributed by atoms with Crippen molar-refractivity contribution in [3.8, 4) is 5.75 Å². The van der Waals surface area contributed by atoms with Gasteiger partial charge in [0.2, 0.25) is 0 Å². The van der Waals surface area contributed by atoms with Crippen LogP contribution in [0.5, 0.6) is 5.75 Å². The molecular weight excluding hydrogens is 500 g/mol. The number of carbonyl (C=O) groups excluding carboxylic acids is 4. The molecule has 0 aliphatic heterocycles. The number of Topliss-reactive ketones (excluding diaryl/α,β-unsaturated/α-hetero) is 4. The molecule has 4 rings (SSSR count). The molecule has 0 unspecified atom stereocenters. The van der Waals surface area contributed by atoms with Crippen molar-refractivity contribution < 1.29 is 23.9 Å². The van der Waals surface area contributed by atoms with Crippen LogP contribution in [0.3, 0.4) is 0 Å². The van der Waals surface area contributed by atoms with Gasteiger partial charge in [-0.2, -0.15) is 0 Å². The lowest BCUT2D eigenvalue weighted by Gasteiger charge is -2.06. The van der Waals surface area contributed by atoms with E-state index in [0.717, 1.165) is 22.3 Å². The minimum Gasteiger partial charge on any atom is -0.497 e. The molecule has 0 amide bonds. The van der Waals surface area contributed by atoms with Crippen molar-refractivity contribution >= 4 is 23.1 Å². The van der Waals surface area contributed by atoms with Crippen LogP contribution in [0.2, 0.25) is 0 Å². The minimum absolute atomic E-state index is 0.0751. The van der Waals surface area contributed by atoms with Crippen molar-refractivity contribution in [2.75, 3.05) is 7.11 Å². The summed E-state index contributed by atoms with van der Waals surface area (Å²) in [5, 5.41) is 0. The third-order valence-electron chi connectivity index (χ3n) is 6.53. The quantitative estimate of drug-likeness (QED) is 0.164. The summed E-state index contributed by atoms with van der Waals surface area (Å²) in [5.74, 6) is 0.116. The lowest BCUT2D eigenvalue weighted by atomic mass is 9.97. The van der Waals surface area contributed by atoms with Gasteiger partial charge in [-0.05, 0) is 69.2 Å². The number of carbonyl (C=O) groups is 4. The first-order chi connectivity index (χ1) is 19.1. The van der Waals surface area contributed by atoms with E-state index in [1.165, 1.54) is 0 Å². The van der Waals surface area contributed by atoms with Crippen LogP contribution < -0.4 is 4.74 Å². The van der Waals surface area contributed by atoms with Crippen molar-refractivity contribution in [3.63, 3.8) is 0 Å². The third-order valence-corrected chi connectivity index (χ3v) is 6.53. The van der Waals surface area contributed by atoms with Crippen molar-refractivity contribution in [1.29, 1.82) is 0 Å². The highest BCUT2D eigenvalue weighted by molar-refractivity contribution is 6.14. The van der Waals surface area contributed by atoms with Gasteiger partial charge in [-0.25, -0.2) is 0 Å². The van der Waals surface area contributed by atoms with Crippen LogP contribution in [0, 0.1) is 27.7 Å². The number of hydrogen-bond acceptors (Lipinski definition) is 5. The van der Waals surface area contributed by atoms with Crippen LogP contribution in [0.4, 0.5) is 0 Å². The van der Waals surface area contributed by atoms with E-state index in [2.05, 4.69) is 0 Å². The van der Waals surface area contributed by atoms with Gasteiger partial charge in [-0.15, -0.1) is 0 Å². The fourth-order valence-electron chi connectivity index (χ4n) is 4.25. The molecule has 0 saturated carbocycles. The second-order valence-corrected chi connectivity index (χ2v) is 9.78. The van der Waals surface area contributed by atoms with Gasteiger partial charge in [0.05, 0.1) is 20.0 Å². The largest absolute Gasteiger partial charge is 0.497 e. The molecule has 0 N–H and O–H groups in total. The molecule has 0 radical (unpaired) electrons. The SMILES string of the molecule is COc1ccc(C(=O)CC(=O)c2ccc(C)cc2C)cc1.Cc1ccc(C)c(C(=O)CC(=O)c2ccccc2)c1. The van der Waals surface area contributed by atoms with E-state index in [9.17, 15) is 19.2 Å². The van der Waals surface area contributed by atoms with E-state index in [-0.39, 0.29) is 36.0 Å². The highest BCUT2D eigenvalue weighted by Gasteiger charge is 2.16. The third kappa shape index (κ3) is 8.18. The van der Waals surface area contributed by atoms with E-state index >= 15 is 0 Å². The van der Waals surface area contributed by atoms with Gasteiger partial charge in [0.1, 0.15) is 5.75 Å². The Morgan fingerprint density at radius 2 is 1.05 bits per heavy atom. The number of ether oxygens (including phenoxy) is 1. The Balaban J connectivity index is 0.000000222. The van der Waals surface area contributed by atoms with Crippen LogP contribution in [0.15, 0.2) is 91.0 Å². The van der Waals surface area contributed by atoms with E-state index in [1.807, 2.05) is 64.1 Å². The van der Waals surface area contributed by atoms with Gasteiger partial charge in [-0.3, -0.25) is 19.2 Å². The first kappa shape index (κ1) is 29.9. The minimum atomic E-state index is -0.178. The van der Waals surface area contributed by atoms with Gasteiger partial charge in [0.25, 0.3) is 0 Å². The summed E-state index contributed by atoms with van der Waals surface area (Å²) in [5.41, 5.74) is 6.31. The Morgan fingerprint density at radius 3 is 1.62 bits per heavy atom. The molecule has 0 heterocycles. The summed E-state index contributed by atoms with van der Waals surface area (Å²) < 4.78 is 5.05. The molecule has 0 aliphatic carbocycles. The number of methoxy groups -OCH3 is 1. The Bertz CT molecular complexity index is 1520. The summed E-state index contributed by atoms with van der Waals surface area (Å²) in [6.07, 6.45) is -0.190. The van der Waals surface area contributed by atoms with Gasteiger partial charge >= 0.3 is 0 Å². The number of ketones is 4. The molecule has 0 aliphatic rings. The summed E-state index contributed by atoms with van der Waals surface area (Å²) in [4.78, 5) is 48.6. The highest BCUT2D eigenvalue weighted by Crippen LogP contribution is 2.17.